The van der Waals surface area contributed by atoms with Gasteiger partial charge in [0, 0.05) is 0 Å². The fourth-order valence-electron chi connectivity index (χ4n) is 2.72. The minimum Gasteiger partial charge on any atom is -0.460 e. The number of carbonyl (C=O) groups is 1. The van der Waals surface area contributed by atoms with Crippen molar-refractivity contribution in [2.24, 2.45) is 16.2 Å². The van der Waals surface area contributed by atoms with E-state index in [2.05, 4.69) is 55.4 Å². The van der Waals surface area contributed by atoms with Gasteiger partial charge in [0.05, 0.1) is 11.0 Å². The molecule has 0 aromatic heterocycles. The first kappa shape index (κ1) is 20.5. The topological polar surface area (TPSA) is 26.3 Å². The molecule has 0 amide bonds. The zero-order valence-electron chi connectivity index (χ0n) is 16.1. The number of rotatable bonds is 6. The van der Waals surface area contributed by atoms with Crippen LogP contribution in [0.3, 0.4) is 0 Å². The van der Waals surface area contributed by atoms with Gasteiger partial charge < -0.3 is 4.74 Å². The van der Waals surface area contributed by atoms with Crippen LogP contribution >= 0.6 is 0 Å². The van der Waals surface area contributed by atoms with Crippen molar-refractivity contribution in [1.82, 2.24) is 0 Å². The lowest BCUT2D eigenvalue weighted by atomic mass is 9.61. The molecule has 0 saturated carbocycles. The summed E-state index contributed by atoms with van der Waals surface area (Å²) in [4.78, 5) is 12.9. The van der Waals surface area contributed by atoms with Crippen molar-refractivity contribution in [2.45, 2.75) is 93.9 Å². The van der Waals surface area contributed by atoms with E-state index in [0.717, 1.165) is 26.3 Å². The third-order valence-corrected chi connectivity index (χ3v) is 4.49. The lowest BCUT2D eigenvalue weighted by Crippen LogP contribution is -2.47. The largest absolute Gasteiger partial charge is 0.460 e. The van der Waals surface area contributed by atoms with Crippen molar-refractivity contribution in [1.29, 1.82) is 0 Å². The molecule has 0 fully saturated rings. The molecule has 124 valence electrons. The zero-order chi connectivity index (χ0) is 17.1. The van der Waals surface area contributed by atoms with E-state index in [1.807, 2.05) is 13.8 Å². The molecule has 0 bridgehead atoms. The molecule has 0 rings (SSSR count). The fraction of sp³-hybridized carbons (Fsp3) is 0.944. The molecule has 0 aliphatic carbocycles. The van der Waals surface area contributed by atoms with Crippen LogP contribution in [0.2, 0.25) is 12.6 Å². The summed E-state index contributed by atoms with van der Waals surface area (Å²) < 4.78 is 5.94. The van der Waals surface area contributed by atoms with Crippen molar-refractivity contribution in [3.05, 3.63) is 0 Å². The van der Waals surface area contributed by atoms with Gasteiger partial charge in [0.2, 0.25) is 0 Å². The normalized spacial score (nSPS) is 16.3. The standard InChI is InChI=1S/C18H37BO2/c1-11-19-13-17(8,9)21-14(20)18(10,16(5,6)7)12-15(2,3)4/h19H,11-13H2,1-10H3. The summed E-state index contributed by atoms with van der Waals surface area (Å²) in [6.07, 6.45) is 2.87. The van der Waals surface area contributed by atoms with Gasteiger partial charge in [-0.2, -0.15) is 0 Å². The van der Waals surface area contributed by atoms with Crippen LogP contribution in [-0.4, -0.2) is 18.8 Å². The molecular weight excluding hydrogens is 259 g/mol. The summed E-state index contributed by atoms with van der Waals surface area (Å²) in [5.41, 5.74) is -0.890. The van der Waals surface area contributed by atoms with Gasteiger partial charge in [0.1, 0.15) is 7.28 Å². The van der Waals surface area contributed by atoms with Gasteiger partial charge in [0.15, 0.2) is 0 Å². The average Bonchev–Trinajstić information content (AvgIpc) is 2.21. The first-order valence-corrected chi connectivity index (χ1v) is 8.38. The average molecular weight is 296 g/mol. The van der Waals surface area contributed by atoms with Gasteiger partial charge in [0.25, 0.3) is 0 Å². The summed E-state index contributed by atoms with van der Waals surface area (Å²) >= 11 is 0. The molecule has 0 N–H and O–H groups in total. The predicted molar refractivity (Wildman–Crippen MR) is 94.2 cm³/mol. The highest BCUT2D eigenvalue weighted by atomic mass is 16.6. The molecule has 1 atom stereocenters. The van der Waals surface area contributed by atoms with Crippen molar-refractivity contribution < 1.29 is 9.53 Å². The Labute approximate surface area is 133 Å². The monoisotopic (exact) mass is 296 g/mol. The van der Waals surface area contributed by atoms with E-state index in [1.54, 1.807) is 0 Å². The molecule has 2 nitrogen and oxygen atoms in total. The SMILES string of the molecule is CCBCC(C)(C)OC(=O)C(C)(CC(C)(C)C)C(C)(C)C. The van der Waals surface area contributed by atoms with Crippen LogP contribution in [0.1, 0.15) is 75.7 Å². The summed E-state index contributed by atoms with van der Waals surface area (Å²) in [6, 6.07) is 0. The number of hydrogen-bond acceptors (Lipinski definition) is 2. The second kappa shape index (κ2) is 6.75. The highest BCUT2D eigenvalue weighted by Crippen LogP contribution is 2.48. The molecule has 0 aromatic rings. The van der Waals surface area contributed by atoms with Gasteiger partial charge in [-0.05, 0) is 44.3 Å². The molecule has 0 saturated heterocycles. The van der Waals surface area contributed by atoms with E-state index in [1.165, 1.54) is 0 Å². The maximum atomic E-state index is 12.9. The first-order valence-electron chi connectivity index (χ1n) is 8.38. The van der Waals surface area contributed by atoms with Crippen LogP contribution in [-0.2, 0) is 9.53 Å². The number of esters is 1. The molecule has 0 aromatic carbocycles. The molecule has 0 aliphatic rings. The Balaban J connectivity index is 5.24. The Morgan fingerprint density at radius 1 is 0.952 bits per heavy atom. The summed E-state index contributed by atoms with van der Waals surface area (Å²) in [6.45, 7) is 21.3. The molecule has 1 unspecified atom stereocenters. The van der Waals surface area contributed by atoms with Crippen LogP contribution in [0, 0.1) is 16.2 Å². The Kier molecular flexibility index (Phi) is 6.60. The second-order valence-electron chi connectivity index (χ2n) is 9.57. The van der Waals surface area contributed by atoms with Gasteiger partial charge in [-0.15, -0.1) is 0 Å². The third-order valence-electron chi connectivity index (χ3n) is 4.49. The molecule has 21 heavy (non-hydrogen) atoms. The summed E-state index contributed by atoms with van der Waals surface area (Å²) in [7, 11) is 1.09. The Morgan fingerprint density at radius 3 is 1.76 bits per heavy atom. The maximum Gasteiger partial charge on any atom is 0.312 e. The molecule has 0 spiro atoms. The van der Waals surface area contributed by atoms with Crippen molar-refractivity contribution in [3.63, 3.8) is 0 Å². The zero-order valence-corrected chi connectivity index (χ0v) is 16.1. The maximum absolute atomic E-state index is 12.9. The van der Waals surface area contributed by atoms with Crippen LogP contribution in [0.4, 0.5) is 0 Å². The highest BCUT2D eigenvalue weighted by molar-refractivity contribution is 6.35. The van der Waals surface area contributed by atoms with Crippen LogP contribution in [0.25, 0.3) is 0 Å². The molecular formula is C18H37BO2. The first-order chi connectivity index (χ1) is 9.15. The van der Waals surface area contributed by atoms with E-state index in [4.69, 9.17) is 4.74 Å². The van der Waals surface area contributed by atoms with E-state index < -0.39 is 5.41 Å². The van der Waals surface area contributed by atoms with Crippen LogP contribution < -0.4 is 0 Å². The second-order valence-corrected chi connectivity index (χ2v) is 9.57. The minimum atomic E-state index is -0.477. The van der Waals surface area contributed by atoms with Crippen molar-refractivity contribution in [2.75, 3.05) is 0 Å². The van der Waals surface area contributed by atoms with Crippen LogP contribution in [0.5, 0.6) is 0 Å². The minimum absolute atomic E-state index is 0.0500. The Bertz CT molecular complexity index is 347. The summed E-state index contributed by atoms with van der Waals surface area (Å²) in [5, 5.41) is 0. The predicted octanol–water partition coefficient (Wildman–Crippen LogP) is 5.09. The third kappa shape index (κ3) is 6.44. The Hall–Kier alpha value is -0.465. The number of hydrogen-bond donors (Lipinski definition) is 0. The van der Waals surface area contributed by atoms with Gasteiger partial charge in [-0.25, -0.2) is 0 Å². The molecule has 3 heteroatoms. The smallest absolute Gasteiger partial charge is 0.312 e. The highest BCUT2D eigenvalue weighted by Gasteiger charge is 2.48. The lowest BCUT2D eigenvalue weighted by molar-refractivity contribution is -0.176. The quantitative estimate of drug-likeness (QED) is 0.504. The van der Waals surface area contributed by atoms with E-state index in [9.17, 15) is 4.79 Å². The molecule has 0 aliphatic heterocycles. The van der Waals surface area contributed by atoms with Gasteiger partial charge in [-0.3, -0.25) is 4.79 Å². The Morgan fingerprint density at radius 2 is 1.43 bits per heavy atom. The molecule has 0 radical (unpaired) electrons. The number of ether oxygens (including phenoxy) is 1. The van der Waals surface area contributed by atoms with Crippen molar-refractivity contribution >= 4 is 13.2 Å². The van der Waals surface area contributed by atoms with E-state index in [0.29, 0.717) is 0 Å². The van der Waals surface area contributed by atoms with Crippen molar-refractivity contribution in [3.8, 4) is 0 Å². The van der Waals surface area contributed by atoms with Crippen LogP contribution in [0.15, 0.2) is 0 Å². The summed E-state index contributed by atoms with van der Waals surface area (Å²) in [5.74, 6) is -0.0500. The van der Waals surface area contributed by atoms with E-state index >= 15 is 0 Å². The lowest BCUT2D eigenvalue weighted by Gasteiger charge is -2.45. The van der Waals surface area contributed by atoms with E-state index in [-0.39, 0.29) is 22.4 Å². The number of carbonyl (C=O) groups excluding carboxylic acids is 1. The van der Waals surface area contributed by atoms with Gasteiger partial charge >= 0.3 is 5.97 Å². The fourth-order valence-corrected chi connectivity index (χ4v) is 2.72. The molecule has 0 heterocycles. The van der Waals surface area contributed by atoms with Gasteiger partial charge in [-0.1, -0.05) is 54.8 Å².